The molecule has 1 aromatic carbocycles. The number of β-amino-alcohol motifs (C(OH)–C–C–N with tert-alkyl or cyclic N) is 1. The van der Waals surface area contributed by atoms with E-state index in [4.69, 9.17) is 0 Å². The number of anilines is 2. The van der Waals surface area contributed by atoms with Crippen LogP contribution in [0.25, 0.3) is 0 Å². The summed E-state index contributed by atoms with van der Waals surface area (Å²) in [6, 6.07) is 5.61. The van der Waals surface area contributed by atoms with Crippen molar-refractivity contribution in [1.29, 1.82) is 0 Å². The fourth-order valence-electron chi connectivity index (χ4n) is 3.05. The number of amides is 2. The number of urea groups is 1. The monoisotopic (exact) mass is 348 g/mol. The molecule has 6 heteroatoms. The lowest BCUT2D eigenvalue weighted by atomic mass is 9.99. The van der Waals surface area contributed by atoms with Crippen LogP contribution in [0.1, 0.15) is 25.3 Å². The molecule has 0 spiro atoms. The molecule has 140 valence electrons. The summed E-state index contributed by atoms with van der Waals surface area (Å²) in [5.41, 5.74) is 2.88. The number of nitrogens with zero attached hydrogens (tertiary/aromatic N) is 2. The van der Waals surface area contributed by atoms with Crippen molar-refractivity contribution in [3.63, 3.8) is 0 Å². The first kappa shape index (κ1) is 19.5. The maximum Gasteiger partial charge on any atom is 0.319 e. The van der Waals surface area contributed by atoms with Gasteiger partial charge in [0, 0.05) is 38.6 Å². The molecule has 3 N–H and O–H groups in total. The molecule has 2 rings (SSSR count). The molecule has 0 radical (unpaired) electrons. The Morgan fingerprint density at radius 2 is 2.04 bits per heavy atom. The molecule has 1 aliphatic rings. The number of aliphatic hydroxyl groups excluding tert-OH is 1. The number of carbonyl (C=O) groups is 1. The first-order valence-electron chi connectivity index (χ1n) is 9.08. The molecule has 1 aromatic rings. The maximum atomic E-state index is 12.1. The molecule has 1 unspecified atom stereocenters. The van der Waals surface area contributed by atoms with Crippen LogP contribution in [0.15, 0.2) is 18.2 Å². The van der Waals surface area contributed by atoms with E-state index in [-0.39, 0.29) is 12.6 Å². The van der Waals surface area contributed by atoms with Crippen LogP contribution in [0.2, 0.25) is 0 Å². The lowest BCUT2D eigenvalue weighted by Crippen LogP contribution is -2.43. The van der Waals surface area contributed by atoms with Gasteiger partial charge in [-0.3, -0.25) is 0 Å². The van der Waals surface area contributed by atoms with Crippen molar-refractivity contribution in [2.75, 3.05) is 50.5 Å². The third-order valence-corrected chi connectivity index (χ3v) is 4.82. The number of rotatable bonds is 6. The molecular formula is C19H32N4O2. The molecule has 6 nitrogen and oxygen atoms in total. The fourth-order valence-corrected chi connectivity index (χ4v) is 3.05. The molecule has 1 saturated heterocycles. The molecular weight excluding hydrogens is 316 g/mol. The lowest BCUT2D eigenvalue weighted by Gasteiger charge is -2.31. The number of benzene rings is 1. The van der Waals surface area contributed by atoms with E-state index < -0.39 is 6.10 Å². The van der Waals surface area contributed by atoms with E-state index in [1.165, 1.54) is 12.8 Å². The number of hydrogen-bond acceptors (Lipinski definition) is 4. The van der Waals surface area contributed by atoms with Crippen LogP contribution in [0.5, 0.6) is 0 Å². The summed E-state index contributed by atoms with van der Waals surface area (Å²) in [5, 5.41) is 15.7. The van der Waals surface area contributed by atoms with E-state index in [1.54, 1.807) is 0 Å². The van der Waals surface area contributed by atoms with E-state index in [1.807, 2.05) is 44.1 Å². The summed E-state index contributed by atoms with van der Waals surface area (Å²) in [6.07, 6.45) is 1.82. The van der Waals surface area contributed by atoms with Crippen LogP contribution in [0.3, 0.4) is 0 Å². The average Bonchev–Trinajstić information content (AvgIpc) is 2.57. The van der Waals surface area contributed by atoms with Crippen molar-refractivity contribution < 1.29 is 9.90 Å². The van der Waals surface area contributed by atoms with E-state index in [0.29, 0.717) is 6.54 Å². The Balaban J connectivity index is 1.75. The fraction of sp³-hybridized carbons (Fsp3) is 0.632. The standard InChI is InChI=1S/C19H32N4O2/c1-14-7-9-23(10-8-14)13-17(24)12-20-19(25)21-18-6-5-16(22(3)4)11-15(18)2/h5-6,11,14,17,24H,7-10,12-13H2,1-4H3,(H2,20,21,25). The summed E-state index contributed by atoms with van der Waals surface area (Å²) in [6.45, 7) is 7.17. The number of likely N-dealkylation sites (tertiary alicyclic amines) is 1. The molecule has 2 amide bonds. The Hall–Kier alpha value is -1.79. The second-order valence-corrected chi connectivity index (χ2v) is 7.37. The van der Waals surface area contributed by atoms with Gasteiger partial charge in [-0.25, -0.2) is 4.79 Å². The molecule has 1 fully saturated rings. The Morgan fingerprint density at radius 1 is 1.36 bits per heavy atom. The Kier molecular flexibility index (Phi) is 7.08. The predicted octanol–water partition coefficient (Wildman–Crippen LogP) is 2.28. The third kappa shape index (κ3) is 6.21. The van der Waals surface area contributed by atoms with Gasteiger partial charge in [-0.2, -0.15) is 0 Å². The summed E-state index contributed by atoms with van der Waals surface area (Å²) in [4.78, 5) is 16.4. The number of aliphatic hydroxyl groups is 1. The number of nitrogens with one attached hydrogen (secondary N) is 2. The highest BCUT2D eigenvalue weighted by Crippen LogP contribution is 2.21. The number of carbonyl (C=O) groups excluding carboxylic acids is 1. The van der Waals surface area contributed by atoms with Crippen LogP contribution in [0.4, 0.5) is 16.2 Å². The van der Waals surface area contributed by atoms with Crippen LogP contribution in [-0.4, -0.2) is 62.4 Å². The van der Waals surface area contributed by atoms with Gasteiger partial charge >= 0.3 is 6.03 Å². The normalized spacial score (nSPS) is 17.2. The highest BCUT2D eigenvalue weighted by atomic mass is 16.3. The smallest absolute Gasteiger partial charge is 0.319 e. The Labute approximate surface area is 151 Å². The van der Waals surface area contributed by atoms with Crippen molar-refractivity contribution in [3.8, 4) is 0 Å². The predicted molar refractivity (Wildman–Crippen MR) is 103 cm³/mol. The van der Waals surface area contributed by atoms with Gasteiger partial charge in [0.25, 0.3) is 0 Å². The molecule has 25 heavy (non-hydrogen) atoms. The molecule has 1 aliphatic heterocycles. The van der Waals surface area contributed by atoms with Crippen LogP contribution >= 0.6 is 0 Å². The quantitative estimate of drug-likeness (QED) is 0.738. The van der Waals surface area contributed by atoms with Crippen molar-refractivity contribution in [1.82, 2.24) is 10.2 Å². The first-order chi connectivity index (χ1) is 11.8. The van der Waals surface area contributed by atoms with Crippen molar-refractivity contribution in [3.05, 3.63) is 23.8 Å². The van der Waals surface area contributed by atoms with Gasteiger partial charge in [-0.1, -0.05) is 6.92 Å². The van der Waals surface area contributed by atoms with Crippen molar-refractivity contribution >= 4 is 17.4 Å². The van der Waals surface area contributed by atoms with Crippen LogP contribution < -0.4 is 15.5 Å². The van der Waals surface area contributed by atoms with Gasteiger partial charge < -0.3 is 25.5 Å². The number of hydrogen-bond donors (Lipinski definition) is 3. The topological polar surface area (TPSA) is 67.8 Å². The zero-order valence-electron chi connectivity index (χ0n) is 15.9. The summed E-state index contributed by atoms with van der Waals surface area (Å²) in [7, 11) is 3.97. The van der Waals surface area contributed by atoms with E-state index in [9.17, 15) is 9.90 Å². The van der Waals surface area contributed by atoms with Gasteiger partial charge in [-0.05, 0) is 62.5 Å². The highest BCUT2D eigenvalue weighted by Gasteiger charge is 2.18. The largest absolute Gasteiger partial charge is 0.390 e. The summed E-state index contributed by atoms with van der Waals surface area (Å²) in [5.74, 6) is 0.777. The van der Waals surface area contributed by atoms with Gasteiger partial charge in [0.05, 0.1) is 6.10 Å². The minimum Gasteiger partial charge on any atom is -0.390 e. The Morgan fingerprint density at radius 3 is 2.64 bits per heavy atom. The minimum absolute atomic E-state index is 0.257. The molecule has 0 saturated carbocycles. The Bertz CT molecular complexity index is 569. The van der Waals surface area contributed by atoms with Gasteiger partial charge in [-0.15, -0.1) is 0 Å². The highest BCUT2D eigenvalue weighted by molar-refractivity contribution is 5.90. The second kappa shape index (κ2) is 9.06. The zero-order valence-corrected chi connectivity index (χ0v) is 15.9. The number of aryl methyl sites for hydroxylation is 1. The second-order valence-electron chi connectivity index (χ2n) is 7.37. The van der Waals surface area contributed by atoms with Crippen LogP contribution in [0, 0.1) is 12.8 Å². The molecule has 0 aliphatic carbocycles. The number of piperidine rings is 1. The summed E-state index contributed by atoms with van der Waals surface area (Å²) < 4.78 is 0. The average molecular weight is 348 g/mol. The molecule has 1 heterocycles. The van der Waals surface area contributed by atoms with E-state index in [2.05, 4.69) is 22.5 Å². The molecule has 0 aromatic heterocycles. The molecule has 0 bridgehead atoms. The van der Waals surface area contributed by atoms with Crippen molar-refractivity contribution in [2.45, 2.75) is 32.8 Å². The zero-order chi connectivity index (χ0) is 18.4. The maximum absolute atomic E-state index is 12.1. The lowest BCUT2D eigenvalue weighted by molar-refractivity contribution is 0.0924. The third-order valence-electron chi connectivity index (χ3n) is 4.82. The van der Waals surface area contributed by atoms with Gasteiger partial charge in [0.2, 0.25) is 0 Å². The molecule has 1 atom stereocenters. The van der Waals surface area contributed by atoms with Gasteiger partial charge in [0.15, 0.2) is 0 Å². The van der Waals surface area contributed by atoms with Gasteiger partial charge in [0.1, 0.15) is 0 Å². The van der Waals surface area contributed by atoms with E-state index in [0.717, 1.165) is 35.9 Å². The van der Waals surface area contributed by atoms with E-state index >= 15 is 0 Å². The van der Waals surface area contributed by atoms with Crippen LogP contribution in [-0.2, 0) is 0 Å². The SMILES string of the molecule is Cc1cc(N(C)C)ccc1NC(=O)NCC(O)CN1CCC(C)CC1. The first-order valence-corrected chi connectivity index (χ1v) is 9.08. The van der Waals surface area contributed by atoms with Crippen molar-refractivity contribution in [2.24, 2.45) is 5.92 Å². The minimum atomic E-state index is -0.545. The summed E-state index contributed by atoms with van der Waals surface area (Å²) >= 11 is 0.